The smallest absolute Gasteiger partial charge is 0.338 e. The van der Waals surface area contributed by atoms with Crippen LogP contribution in [0.1, 0.15) is 38.1 Å². The first kappa shape index (κ1) is 21.2. The number of benzene rings is 1. The van der Waals surface area contributed by atoms with E-state index in [0.717, 1.165) is 21.0 Å². The first-order chi connectivity index (χ1) is 16.2. The number of hydrogen-bond donors (Lipinski definition) is 0. The average molecular weight is 478 g/mol. The van der Waals surface area contributed by atoms with Gasteiger partial charge in [-0.05, 0) is 40.6 Å². The second-order valence-corrected chi connectivity index (χ2v) is 9.29. The minimum absolute atomic E-state index is 0.190. The predicted molar refractivity (Wildman–Crippen MR) is 125 cm³/mol. The topological polar surface area (TPSA) is 89.7 Å². The molecule has 10 heteroatoms. The number of thiophene rings is 2. The number of ether oxygens (including phenoxy) is 1. The number of hydrazone groups is 1. The van der Waals surface area contributed by atoms with Crippen molar-refractivity contribution < 1.29 is 14.3 Å². The predicted octanol–water partition coefficient (Wildman–Crippen LogP) is 3.98. The summed E-state index contributed by atoms with van der Waals surface area (Å²) in [6, 6.07) is 14.7. The van der Waals surface area contributed by atoms with Crippen molar-refractivity contribution in [2.24, 2.45) is 5.10 Å². The molecule has 1 aromatic carbocycles. The Morgan fingerprint density at radius 1 is 1.06 bits per heavy atom. The second kappa shape index (κ2) is 9.47. The monoisotopic (exact) mass is 477 g/mol. The summed E-state index contributed by atoms with van der Waals surface area (Å²) in [7, 11) is 0. The molecule has 5 rings (SSSR count). The highest BCUT2D eigenvalue weighted by molar-refractivity contribution is 7.12. The Bertz CT molecular complexity index is 1250. The number of aromatic nitrogens is 3. The second-order valence-electron chi connectivity index (χ2n) is 7.36. The molecule has 0 radical (unpaired) electrons. The van der Waals surface area contributed by atoms with Crippen LogP contribution in [-0.4, -0.2) is 44.0 Å². The Morgan fingerprint density at radius 2 is 1.88 bits per heavy atom. The minimum atomic E-state index is -0.551. The summed E-state index contributed by atoms with van der Waals surface area (Å²) in [5.74, 6) is -0.902. The van der Waals surface area contributed by atoms with Crippen molar-refractivity contribution in [3.63, 3.8) is 0 Å². The fraction of sp³-hybridized carbons (Fsp3) is 0.174. The molecule has 33 heavy (non-hydrogen) atoms. The molecule has 4 aromatic rings. The molecule has 1 aliphatic heterocycles. The Balaban J connectivity index is 1.24. The maximum absolute atomic E-state index is 13.0. The molecule has 0 N–H and O–H groups in total. The fourth-order valence-corrected chi connectivity index (χ4v) is 5.09. The highest BCUT2D eigenvalue weighted by Crippen LogP contribution is 2.35. The van der Waals surface area contributed by atoms with Gasteiger partial charge in [-0.15, -0.1) is 22.7 Å². The summed E-state index contributed by atoms with van der Waals surface area (Å²) < 4.78 is 7.01. The lowest BCUT2D eigenvalue weighted by atomic mass is 10.1. The van der Waals surface area contributed by atoms with Crippen LogP contribution in [0.5, 0.6) is 0 Å². The third-order valence-electron chi connectivity index (χ3n) is 5.17. The number of carbonyl (C=O) groups is 2. The van der Waals surface area contributed by atoms with Crippen molar-refractivity contribution in [2.75, 3.05) is 6.61 Å². The van der Waals surface area contributed by atoms with E-state index in [1.807, 2.05) is 47.2 Å². The van der Waals surface area contributed by atoms with Crippen LogP contribution in [0, 0.1) is 0 Å². The van der Waals surface area contributed by atoms with Crippen molar-refractivity contribution in [3.8, 4) is 0 Å². The number of hydrogen-bond acceptors (Lipinski definition) is 8. The van der Waals surface area contributed by atoms with Crippen molar-refractivity contribution in [3.05, 3.63) is 92.8 Å². The molecule has 4 heterocycles. The number of nitrogens with zero attached hydrogens (tertiary/aromatic N) is 5. The summed E-state index contributed by atoms with van der Waals surface area (Å²) in [6.45, 7) is 0.181. The molecular formula is C23H19N5O3S2. The lowest BCUT2D eigenvalue weighted by Crippen LogP contribution is -2.31. The average Bonchev–Trinajstić information content (AvgIpc) is 3.64. The molecule has 1 amide bonds. The van der Waals surface area contributed by atoms with Gasteiger partial charge in [0, 0.05) is 11.3 Å². The summed E-state index contributed by atoms with van der Waals surface area (Å²) in [5, 5.41) is 14.1. The largest absolute Gasteiger partial charge is 0.452 e. The molecule has 0 fully saturated rings. The fourth-order valence-electron chi connectivity index (χ4n) is 3.56. The zero-order chi connectivity index (χ0) is 22.6. The zero-order valence-corrected chi connectivity index (χ0v) is 19.0. The third-order valence-corrected chi connectivity index (χ3v) is 7.06. The molecule has 8 nitrogen and oxygen atoms in total. The lowest BCUT2D eigenvalue weighted by molar-refractivity contribution is -0.136. The van der Waals surface area contributed by atoms with E-state index in [-0.39, 0.29) is 18.6 Å². The molecule has 1 aliphatic rings. The van der Waals surface area contributed by atoms with Gasteiger partial charge in [0.25, 0.3) is 5.91 Å². The van der Waals surface area contributed by atoms with Gasteiger partial charge in [0.15, 0.2) is 6.61 Å². The zero-order valence-electron chi connectivity index (χ0n) is 17.4. The SMILES string of the molecule is O=C(OCC(=O)N1N=C(c2cccs2)CC1c1cccs1)c1ccc(Cn2cncn2)cc1. The van der Waals surface area contributed by atoms with Crippen LogP contribution in [0.25, 0.3) is 0 Å². The van der Waals surface area contributed by atoms with E-state index in [2.05, 4.69) is 15.2 Å². The Morgan fingerprint density at radius 3 is 2.58 bits per heavy atom. The summed E-state index contributed by atoms with van der Waals surface area (Å²) in [6.07, 6.45) is 3.73. The first-order valence-corrected chi connectivity index (χ1v) is 12.0. The quantitative estimate of drug-likeness (QED) is 0.376. The lowest BCUT2D eigenvalue weighted by Gasteiger charge is -2.20. The summed E-state index contributed by atoms with van der Waals surface area (Å²) >= 11 is 3.17. The van der Waals surface area contributed by atoms with Gasteiger partial charge in [0.05, 0.1) is 28.7 Å². The van der Waals surface area contributed by atoms with Crippen molar-refractivity contribution in [1.82, 2.24) is 19.8 Å². The van der Waals surface area contributed by atoms with Crippen molar-refractivity contribution in [2.45, 2.75) is 19.0 Å². The first-order valence-electron chi connectivity index (χ1n) is 10.2. The van der Waals surface area contributed by atoms with Gasteiger partial charge in [0.1, 0.15) is 12.7 Å². The summed E-state index contributed by atoms with van der Waals surface area (Å²) in [5.41, 5.74) is 2.22. The molecule has 1 atom stereocenters. The molecule has 166 valence electrons. The molecule has 0 spiro atoms. The van der Waals surface area contributed by atoms with Gasteiger partial charge in [-0.25, -0.2) is 19.5 Å². The highest BCUT2D eigenvalue weighted by Gasteiger charge is 2.34. The molecule has 0 saturated carbocycles. The van der Waals surface area contributed by atoms with Gasteiger partial charge in [0.2, 0.25) is 0 Å². The maximum atomic E-state index is 13.0. The molecule has 1 unspecified atom stereocenters. The van der Waals surface area contributed by atoms with E-state index >= 15 is 0 Å². The maximum Gasteiger partial charge on any atom is 0.338 e. The molecule has 3 aromatic heterocycles. The normalized spacial score (nSPS) is 15.5. The number of esters is 1. The van der Waals surface area contributed by atoms with E-state index in [9.17, 15) is 9.59 Å². The minimum Gasteiger partial charge on any atom is -0.452 e. The van der Waals surface area contributed by atoms with Crippen LogP contribution in [0.15, 0.2) is 77.0 Å². The van der Waals surface area contributed by atoms with E-state index in [0.29, 0.717) is 18.5 Å². The van der Waals surface area contributed by atoms with Crippen LogP contribution >= 0.6 is 22.7 Å². The van der Waals surface area contributed by atoms with Crippen molar-refractivity contribution >= 4 is 40.3 Å². The van der Waals surface area contributed by atoms with Crippen LogP contribution in [0.4, 0.5) is 0 Å². The Kier molecular flexibility index (Phi) is 6.09. The van der Waals surface area contributed by atoms with E-state index in [4.69, 9.17) is 4.74 Å². The highest BCUT2D eigenvalue weighted by atomic mass is 32.1. The summed E-state index contributed by atoms with van der Waals surface area (Å²) in [4.78, 5) is 31.5. The van der Waals surface area contributed by atoms with Gasteiger partial charge in [-0.1, -0.05) is 24.3 Å². The van der Waals surface area contributed by atoms with Crippen LogP contribution < -0.4 is 0 Å². The van der Waals surface area contributed by atoms with Crippen molar-refractivity contribution in [1.29, 1.82) is 0 Å². The third kappa shape index (κ3) is 4.76. The molecular weight excluding hydrogens is 458 g/mol. The standard InChI is InChI=1S/C23H19N5O3S2/c29-22(13-31-23(30)17-7-5-16(6-8-17)12-27-15-24-14-25-27)28-19(21-4-2-10-33-21)11-18(26-28)20-3-1-9-32-20/h1-10,14-15,19H,11-13H2. The van der Waals surface area contributed by atoms with Gasteiger partial charge < -0.3 is 4.74 Å². The molecule has 0 bridgehead atoms. The van der Waals surface area contributed by atoms with Crippen LogP contribution in [0.2, 0.25) is 0 Å². The van der Waals surface area contributed by atoms with E-state index in [1.54, 1.807) is 45.8 Å². The number of rotatable bonds is 7. The Labute approximate surface area is 197 Å². The van der Waals surface area contributed by atoms with Gasteiger partial charge >= 0.3 is 5.97 Å². The van der Waals surface area contributed by atoms with Gasteiger partial charge in [-0.2, -0.15) is 10.2 Å². The molecule has 0 aliphatic carbocycles. The Hall–Kier alpha value is -3.63. The molecule has 0 saturated heterocycles. The number of amides is 1. The van der Waals surface area contributed by atoms with Gasteiger partial charge in [-0.3, -0.25) is 4.79 Å². The van der Waals surface area contributed by atoms with E-state index in [1.165, 1.54) is 11.3 Å². The number of carbonyl (C=O) groups excluding carboxylic acids is 2. The van der Waals surface area contributed by atoms with Crippen LogP contribution in [0.3, 0.4) is 0 Å². The van der Waals surface area contributed by atoms with Crippen LogP contribution in [-0.2, 0) is 16.1 Å². The van der Waals surface area contributed by atoms with E-state index < -0.39 is 5.97 Å².